The molecule has 106 valence electrons. The Labute approximate surface area is 141 Å². The third-order valence-corrected chi connectivity index (χ3v) is 4.56. The number of aryl methyl sites for hydroxylation is 2. The van der Waals surface area contributed by atoms with Gasteiger partial charge in [-0.1, -0.05) is 29.3 Å². The molecule has 0 fully saturated rings. The van der Waals surface area contributed by atoms with Gasteiger partial charge in [-0.25, -0.2) is 9.97 Å². The number of hydrogen-bond donors (Lipinski definition) is 0. The molecule has 0 unspecified atom stereocenters. The van der Waals surface area contributed by atoms with Gasteiger partial charge in [0.1, 0.15) is 5.15 Å². The molecule has 0 bridgehead atoms. The second kappa shape index (κ2) is 5.56. The molecule has 0 radical (unpaired) electrons. The van der Waals surface area contributed by atoms with Crippen LogP contribution in [0.2, 0.25) is 10.2 Å². The summed E-state index contributed by atoms with van der Waals surface area (Å²) in [7, 11) is 0. The topological polar surface area (TPSA) is 25.8 Å². The number of benzene rings is 2. The van der Waals surface area contributed by atoms with Gasteiger partial charge in [0, 0.05) is 15.1 Å². The van der Waals surface area contributed by atoms with Crippen molar-refractivity contribution in [2.75, 3.05) is 0 Å². The molecular formula is C16H11BrCl2N2. The lowest BCUT2D eigenvalue weighted by atomic mass is 10.1. The molecule has 2 aromatic carbocycles. The fraction of sp³-hybridized carbons (Fsp3) is 0.125. The Morgan fingerprint density at radius 1 is 0.952 bits per heavy atom. The second-order valence-electron chi connectivity index (χ2n) is 4.89. The normalized spacial score (nSPS) is 11.1. The SMILES string of the molecule is Cc1cc(Cl)ccc1-c1nc(Cl)c2c(Br)ccc(C)c2n1. The molecule has 0 amide bonds. The highest BCUT2D eigenvalue weighted by Gasteiger charge is 2.13. The third kappa shape index (κ3) is 2.66. The van der Waals surface area contributed by atoms with Crippen molar-refractivity contribution in [3.8, 4) is 11.4 Å². The van der Waals surface area contributed by atoms with E-state index in [-0.39, 0.29) is 0 Å². The number of aromatic nitrogens is 2. The van der Waals surface area contributed by atoms with E-state index in [4.69, 9.17) is 23.2 Å². The van der Waals surface area contributed by atoms with Gasteiger partial charge in [-0.05, 0) is 65.2 Å². The van der Waals surface area contributed by atoms with Gasteiger partial charge in [0.05, 0.1) is 10.9 Å². The van der Waals surface area contributed by atoms with Crippen LogP contribution in [0.25, 0.3) is 22.3 Å². The Balaban J connectivity index is 2.33. The summed E-state index contributed by atoms with van der Waals surface area (Å²) < 4.78 is 0.896. The number of halogens is 3. The van der Waals surface area contributed by atoms with Crippen molar-refractivity contribution < 1.29 is 0 Å². The average Bonchev–Trinajstić information content (AvgIpc) is 2.42. The monoisotopic (exact) mass is 380 g/mol. The predicted octanol–water partition coefficient (Wildman–Crippen LogP) is 5.98. The Hall–Kier alpha value is -1.16. The highest BCUT2D eigenvalue weighted by molar-refractivity contribution is 9.10. The maximum Gasteiger partial charge on any atom is 0.161 e. The minimum absolute atomic E-state index is 0.444. The van der Waals surface area contributed by atoms with E-state index in [2.05, 4.69) is 25.9 Å². The van der Waals surface area contributed by atoms with Gasteiger partial charge in [-0.15, -0.1) is 0 Å². The van der Waals surface area contributed by atoms with Crippen LogP contribution in [0.15, 0.2) is 34.8 Å². The van der Waals surface area contributed by atoms with Gasteiger partial charge in [-0.3, -0.25) is 0 Å². The molecule has 1 heterocycles. The molecule has 0 atom stereocenters. The van der Waals surface area contributed by atoms with Crippen LogP contribution < -0.4 is 0 Å². The van der Waals surface area contributed by atoms with Crippen LogP contribution in [-0.4, -0.2) is 9.97 Å². The molecule has 0 aliphatic heterocycles. The second-order valence-corrected chi connectivity index (χ2v) is 6.53. The summed E-state index contributed by atoms with van der Waals surface area (Å²) in [6.07, 6.45) is 0. The molecule has 0 spiro atoms. The van der Waals surface area contributed by atoms with Crippen molar-refractivity contribution in [2.24, 2.45) is 0 Å². The number of hydrogen-bond acceptors (Lipinski definition) is 2. The van der Waals surface area contributed by atoms with Gasteiger partial charge in [-0.2, -0.15) is 0 Å². The van der Waals surface area contributed by atoms with Crippen LogP contribution in [0.3, 0.4) is 0 Å². The summed E-state index contributed by atoms with van der Waals surface area (Å²) in [6.45, 7) is 3.99. The molecule has 0 saturated carbocycles. The first-order valence-corrected chi connectivity index (χ1v) is 7.91. The van der Waals surface area contributed by atoms with E-state index in [1.54, 1.807) is 0 Å². The quantitative estimate of drug-likeness (QED) is 0.484. The first kappa shape index (κ1) is 14.8. The minimum atomic E-state index is 0.444. The fourth-order valence-corrected chi connectivity index (χ4v) is 3.41. The van der Waals surface area contributed by atoms with Crippen molar-refractivity contribution in [3.63, 3.8) is 0 Å². The van der Waals surface area contributed by atoms with Crippen molar-refractivity contribution >= 4 is 50.0 Å². The van der Waals surface area contributed by atoms with Crippen molar-refractivity contribution in [2.45, 2.75) is 13.8 Å². The lowest BCUT2D eigenvalue weighted by Crippen LogP contribution is -1.96. The van der Waals surface area contributed by atoms with E-state index in [1.165, 1.54) is 0 Å². The summed E-state index contributed by atoms with van der Waals surface area (Å²) in [5.41, 5.74) is 3.87. The maximum absolute atomic E-state index is 6.37. The first-order valence-electron chi connectivity index (χ1n) is 6.36. The highest BCUT2D eigenvalue weighted by atomic mass is 79.9. The van der Waals surface area contributed by atoms with E-state index in [9.17, 15) is 0 Å². The Kier molecular flexibility index (Phi) is 3.91. The molecule has 0 N–H and O–H groups in total. The summed E-state index contributed by atoms with van der Waals surface area (Å²) in [6, 6.07) is 9.61. The van der Waals surface area contributed by atoms with E-state index < -0.39 is 0 Å². The van der Waals surface area contributed by atoms with Crippen LogP contribution in [0.1, 0.15) is 11.1 Å². The average molecular weight is 382 g/mol. The summed E-state index contributed by atoms with van der Waals surface area (Å²) >= 11 is 15.9. The maximum atomic E-state index is 6.37. The van der Waals surface area contributed by atoms with Gasteiger partial charge < -0.3 is 0 Å². The molecule has 2 nitrogen and oxygen atoms in total. The lowest BCUT2D eigenvalue weighted by molar-refractivity contribution is 1.20. The first-order chi connectivity index (χ1) is 9.97. The Bertz CT molecular complexity index is 863. The van der Waals surface area contributed by atoms with Gasteiger partial charge in [0.25, 0.3) is 0 Å². The third-order valence-electron chi connectivity index (χ3n) is 3.39. The number of rotatable bonds is 1. The zero-order valence-corrected chi connectivity index (χ0v) is 14.5. The largest absolute Gasteiger partial charge is 0.228 e. The standard InChI is InChI=1S/C16H11BrCl2N2/c1-8-3-6-12(17)13-14(8)20-16(21-15(13)19)11-5-4-10(18)7-9(11)2/h3-7H,1-2H3. The molecular weight excluding hydrogens is 371 g/mol. The molecule has 0 aliphatic rings. The van der Waals surface area contributed by atoms with Crippen LogP contribution in [0, 0.1) is 13.8 Å². The zero-order valence-electron chi connectivity index (χ0n) is 11.4. The smallest absolute Gasteiger partial charge is 0.161 e. The molecule has 21 heavy (non-hydrogen) atoms. The number of nitrogens with zero attached hydrogens (tertiary/aromatic N) is 2. The zero-order chi connectivity index (χ0) is 15.1. The number of fused-ring (bicyclic) bond motifs is 1. The Morgan fingerprint density at radius 3 is 2.43 bits per heavy atom. The van der Waals surface area contributed by atoms with Crippen LogP contribution in [0.5, 0.6) is 0 Å². The minimum Gasteiger partial charge on any atom is -0.228 e. The van der Waals surface area contributed by atoms with Crippen molar-refractivity contribution in [1.82, 2.24) is 9.97 Å². The van der Waals surface area contributed by atoms with Gasteiger partial charge >= 0.3 is 0 Å². The van der Waals surface area contributed by atoms with Crippen LogP contribution in [0.4, 0.5) is 0 Å². The van der Waals surface area contributed by atoms with E-state index in [1.807, 2.05) is 44.2 Å². The van der Waals surface area contributed by atoms with Crippen molar-refractivity contribution in [1.29, 1.82) is 0 Å². The summed E-state index contributed by atoms with van der Waals surface area (Å²) in [5, 5.41) is 1.98. The van der Waals surface area contributed by atoms with Gasteiger partial charge in [0.15, 0.2) is 5.82 Å². The lowest BCUT2D eigenvalue weighted by Gasteiger charge is -2.10. The summed E-state index contributed by atoms with van der Waals surface area (Å²) in [4.78, 5) is 9.13. The molecule has 0 aliphatic carbocycles. The van der Waals surface area contributed by atoms with Crippen LogP contribution >= 0.6 is 39.1 Å². The van der Waals surface area contributed by atoms with E-state index in [0.717, 1.165) is 32.1 Å². The molecule has 5 heteroatoms. The van der Waals surface area contributed by atoms with Gasteiger partial charge in [0.2, 0.25) is 0 Å². The predicted molar refractivity (Wildman–Crippen MR) is 92.2 cm³/mol. The van der Waals surface area contributed by atoms with Crippen molar-refractivity contribution in [3.05, 3.63) is 56.1 Å². The van der Waals surface area contributed by atoms with E-state index >= 15 is 0 Å². The Morgan fingerprint density at radius 2 is 1.71 bits per heavy atom. The fourth-order valence-electron chi connectivity index (χ4n) is 2.29. The molecule has 1 aromatic heterocycles. The van der Waals surface area contributed by atoms with E-state index in [0.29, 0.717) is 16.0 Å². The molecule has 3 aromatic rings. The molecule has 0 saturated heterocycles. The summed E-state index contributed by atoms with van der Waals surface area (Å²) in [5.74, 6) is 0.614. The molecule has 3 rings (SSSR count). The highest BCUT2D eigenvalue weighted by Crippen LogP contribution is 2.33. The van der Waals surface area contributed by atoms with Crippen LogP contribution in [-0.2, 0) is 0 Å².